The second-order valence-electron chi connectivity index (χ2n) is 6.16. The molecule has 1 aromatic rings. The predicted octanol–water partition coefficient (Wildman–Crippen LogP) is 1.61. The Morgan fingerprint density at radius 1 is 1.33 bits per heavy atom. The van der Waals surface area contributed by atoms with Gasteiger partial charge in [-0.25, -0.2) is 0 Å². The van der Waals surface area contributed by atoms with Crippen molar-refractivity contribution in [3.63, 3.8) is 0 Å². The standard InChI is InChI=1S/C16H23N3OS/c1-16(2,3)19-9-7-18(8-10-19)15(20)13-11-14(21-12-13)5-4-6-17/h11-12H,6-10,17H2,1-3H3. The summed E-state index contributed by atoms with van der Waals surface area (Å²) >= 11 is 1.50. The van der Waals surface area contributed by atoms with E-state index < -0.39 is 0 Å². The quantitative estimate of drug-likeness (QED) is 0.802. The molecule has 0 bridgehead atoms. The van der Waals surface area contributed by atoms with Crippen LogP contribution in [0, 0.1) is 11.8 Å². The van der Waals surface area contributed by atoms with E-state index in [0.717, 1.165) is 36.6 Å². The summed E-state index contributed by atoms with van der Waals surface area (Å²) in [6, 6.07) is 1.87. The minimum Gasteiger partial charge on any atom is -0.336 e. The summed E-state index contributed by atoms with van der Waals surface area (Å²) < 4.78 is 0. The number of thiophene rings is 1. The minimum atomic E-state index is 0.112. The van der Waals surface area contributed by atoms with Crippen molar-refractivity contribution in [2.75, 3.05) is 32.7 Å². The van der Waals surface area contributed by atoms with Crippen molar-refractivity contribution in [3.05, 3.63) is 21.9 Å². The average Bonchev–Trinajstić information content (AvgIpc) is 2.92. The second kappa shape index (κ2) is 6.61. The Bertz CT molecular complexity index is 554. The zero-order valence-corrected chi connectivity index (χ0v) is 13.8. The summed E-state index contributed by atoms with van der Waals surface area (Å²) in [6.07, 6.45) is 0. The molecule has 1 saturated heterocycles. The smallest absolute Gasteiger partial charge is 0.254 e. The van der Waals surface area contributed by atoms with E-state index >= 15 is 0 Å². The van der Waals surface area contributed by atoms with E-state index in [0.29, 0.717) is 6.54 Å². The summed E-state index contributed by atoms with van der Waals surface area (Å²) in [5.41, 5.74) is 6.27. The molecule has 2 rings (SSSR count). The summed E-state index contributed by atoms with van der Waals surface area (Å²) in [5.74, 6) is 5.90. The van der Waals surface area contributed by atoms with Crippen LogP contribution in [0.4, 0.5) is 0 Å². The molecule has 4 nitrogen and oxygen atoms in total. The zero-order valence-electron chi connectivity index (χ0n) is 13.0. The van der Waals surface area contributed by atoms with Gasteiger partial charge in [-0.15, -0.1) is 11.3 Å². The molecule has 0 saturated carbocycles. The first-order chi connectivity index (χ1) is 9.91. The van der Waals surface area contributed by atoms with Crippen molar-refractivity contribution in [2.24, 2.45) is 5.73 Å². The third-order valence-electron chi connectivity index (χ3n) is 3.68. The van der Waals surface area contributed by atoms with E-state index in [1.165, 1.54) is 11.3 Å². The Hall–Kier alpha value is -1.35. The van der Waals surface area contributed by atoms with Crippen molar-refractivity contribution >= 4 is 17.2 Å². The molecule has 21 heavy (non-hydrogen) atoms. The first-order valence-corrected chi connectivity index (χ1v) is 8.11. The van der Waals surface area contributed by atoms with Gasteiger partial charge in [-0.2, -0.15) is 0 Å². The van der Waals surface area contributed by atoms with Gasteiger partial charge in [0.05, 0.1) is 17.0 Å². The van der Waals surface area contributed by atoms with Crippen molar-refractivity contribution in [2.45, 2.75) is 26.3 Å². The molecule has 1 aromatic heterocycles. The summed E-state index contributed by atoms with van der Waals surface area (Å²) in [7, 11) is 0. The van der Waals surface area contributed by atoms with Crippen LogP contribution in [0.25, 0.3) is 0 Å². The van der Waals surface area contributed by atoms with Crippen LogP contribution in [0.1, 0.15) is 36.0 Å². The van der Waals surface area contributed by atoms with E-state index in [1.807, 2.05) is 16.3 Å². The third-order valence-corrected chi connectivity index (χ3v) is 4.52. The molecule has 0 atom stereocenters. The first-order valence-electron chi connectivity index (χ1n) is 7.23. The van der Waals surface area contributed by atoms with Gasteiger partial charge < -0.3 is 10.6 Å². The molecular weight excluding hydrogens is 282 g/mol. The van der Waals surface area contributed by atoms with Crippen LogP contribution in [0.3, 0.4) is 0 Å². The Labute approximate surface area is 130 Å². The van der Waals surface area contributed by atoms with E-state index in [4.69, 9.17) is 5.73 Å². The lowest BCUT2D eigenvalue weighted by molar-refractivity contribution is 0.0451. The van der Waals surface area contributed by atoms with Gasteiger partial charge in [0.15, 0.2) is 0 Å². The molecular formula is C16H23N3OS. The number of rotatable bonds is 1. The van der Waals surface area contributed by atoms with Crippen molar-refractivity contribution < 1.29 is 4.79 Å². The van der Waals surface area contributed by atoms with Crippen LogP contribution in [-0.4, -0.2) is 54.0 Å². The normalized spacial score (nSPS) is 16.5. The highest BCUT2D eigenvalue weighted by atomic mass is 32.1. The van der Waals surface area contributed by atoms with Crippen molar-refractivity contribution in [3.8, 4) is 11.8 Å². The molecule has 5 heteroatoms. The highest BCUT2D eigenvalue weighted by Crippen LogP contribution is 2.19. The van der Waals surface area contributed by atoms with E-state index in [-0.39, 0.29) is 11.4 Å². The molecule has 1 fully saturated rings. The fraction of sp³-hybridized carbons (Fsp3) is 0.562. The number of nitrogens with zero attached hydrogens (tertiary/aromatic N) is 2. The molecule has 1 aliphatic rings. The number of hydrogen-bond donors (Lipinski definition) is 1. The van der Waals surface area contributed by atoms with Crippen LogP contribution >= 0.6 is 11.3 Å². The van der Waals surface area contributed by atoms with Crippen LogP contribution in [0.5, 0.6) is 0 Å². The average molecular weight is 305 g/mol. The maximum atomic E-state index is 12.5. The number of carbonyl (C=O) groups excluding carboxylic acids is 1. The topological polar surface area (TPSA) is 49.6 Å². The summed E-state index contributed by atoms with van der Waals surface area (Å²) in [5, 5.41) is 1.89. The molecule has 0 unspecified atom stereocenters. The first kappa shape index (κ1) is 16.0. The molecule has 2 N–H and O–H groups in total. The lowest BCUT2D eigenvalue weighted by Crippen LogP contribution is -2.54. The number of carbonyl (C=O) groups is 1. The second-order valence-corrected chi connectivity index (χ2v) is 7.07. The van der Waals surface area contributed by atoms with Gasteiger partial charge in [-0.3, -0.25) is 9.69 Å². The van der Waals surface area contributed by atoms with Gasteiger partial charge in [-0.1, -0.05) is 11.8 Å². The minimum absolute atomic E-state index is 0.112. The number of piperazine rings is 1. The monoisotopic (exact) mass is 305 g/mol. The Morgan fingerprint density at radius 2 is 2.00 bits per heavy atom. The third kappa shape index (κ3) is 4.07. The van der Waals surface area contributed by atoms with Crippen LogP contribution in [0.2, 0.25) is 0 Å². The molecule has 1 aliphatic heterocycles. The van der Waals surface area contributed by atoms with Gasteiger partial charge >= 0.3 is 0 Å². The van der Waals surface area contributed by atoms with E-state index in [2.05, 4.69) is 37.5 Å². The summed E-state index contributed by atoms with van der Waals surface area (Å²) in [4.78, 5) is 17.7. The van der Waals surface area contributed by atoms with Crippen molar-refractivity contribution in [1.29, 1.82) is 0 Å². The van der Waals surface area contributed by atoms with Crippen LogP contribution in [-0.2, 0) is 0 Å². The molecule has 114 valence electrons. The van der Waals surface area contributed by atoms with Gasteiger partial charge in [0.25, 0.3) is 5.91 Å². The van der Waals surface area contributed by atoms with Crippen LogP contribution < -0.4 is 5.73 Å². The molecule has 0 aromatic carbocycles. The maximum Gasteiger partial charge on any atom is 0.254 e. The molecule has 0 spiro atoms. The summed E-state index contributed by atoms with van der Waals surface area (Å²) in [6.45, 7) is 10.4. The molecule has 0 aliphatic carbocycles. The zero-order chi connectivity index (χ0) is 15.5. The predicted molar refractivity (Wildman–Crippen MR) is 87.5 cm³/mol. The highest BCUT2D eigenvalue weighted by Gasteiger charge is 2.28. The van der Waals surface area contributed by atoms with Gasteiger partial charge in [0, 0.05) is 37.1 Å². The highest BCUT2D eigenvalue weighted by molar-refractivity contribution is 7.10. The number of hydrogen-bond acceptors (Lipinski definition) is 4. The number of nitrogens with two attached hydrogens (primary N) is 1. The Balaban J connectivity index is 1.97. The van der Waals surface area contributed by atoms with Crippen molar-refractivity contribution in [1.82, 2.24) is 9.80 Å². The Kier molecular flexibility index (Phi) is 5.04. The fourth-order valence-electron chi connectivity index (χ4n) is 2.42. The lowest BCUT2D eigenvalue weighted by atomic mass is 10.0. The molecule has 0 radical (unpaired) electrons. The van der Waals surface area contributed by atoms with Crippen LogP contribution in [0.15, 0.2) is 11.4 Å². The fourth-order valence-corrected chi connectivity index (χ4v) is 3.16. The van der Waals surface area contributed by atoms with Gasteiger partial charge in [0.1, 0.15) is 0 Å². The number of amides is 1. The Morgan fingerprint density at radius 3 is 2.57 bits per heavy atom. The van der Waals surface area contributed by atoms with Gasteiger partial charge in [0.2, 0.25) is 0 Å². The van der Waals surface area contributed by atoms with E-state index in [1.54, 1.807) is 0 Å². The van der Waals surface area contributed by atoms with Gasteiger partial charge in [-0.05, 0) is 26.8 Å². The van der Waals surface area contributed by atoms with E-state index in [9.17, 15) is 4.79 Å². The molecule has 2 heterocycles. The SMILES string of the molecule is CC(C)(C)N1CCN(C(=O)c2csc(C#CCN)c2)CC1. The maximum absolute atomic E-state index is 12.5. The largest absolute Gasteiger partial charge is 0.336 e. The molecule has 1 amide bonds. The lowest BCUT2D eigenvalue weighted by Gasteiger charge is -2.42.